The van der Waals surface area contributed by atoms with Crippen LogP contribution in [-0.4, -0.2) is 17.4 Å². The Morgan fingerprint density at radius 2 is 1.86 bits per heavy atom. The molecule has 2 aromatic rings. The second-order valence-corrected chi connectivity index (χ2v) is 5.66. The van der Waals surface area contributed by atoms with Crippen LogP contribution >= 0.6 is 11.6 Å². The smallest absolute Gasteiger partial charge is 0.261 e. The highest BCUT2D eigenvalue weighted by atomic mass is 35.5. The van der Waals surface area contributed by atoms with Gasteiger partial charge in [-0.25, -0.2) is 0 Å². The van der Waals surface area contributed by atoms with E-state index in [9.17, 15) is 9.59 Å². The van der Waals surface area contributed by atoms with Gasteiger partial charge in [0.1, 0.15) is 5.56 Å². The minimum atomic E-state index is -0.399. The first-order valence-electron chi connectivity index (χ1n) is 6.75. The summed E-state index contributed by atoms with van der Waals surface area (Å²) in [6.45, 7) is 4.53. The fraction of sp³-hybridized carbons (Fsp3) is 0.250. The fourth-order valence-electron chi connectivity index (χ4n) is 1.84. The Morgan fingerprint density at radius 3 is 2.43 bits per heavy atom. The van der Waals surface area contributed by atoms with Gasteiger partial charge in [-0.15, -0.1) is 0 Å². The maximum atomic E-state index is 12.0. The Hall–Kier alpha value is -2.07. The zero-order valence-electron chi connectivity index (χ0n) is 11.9. The molecule has 0 saturated heterocycles. The Balaban J connectivity index is 2.23. The maximum absolute atomic E-state index is 12.0. The van der Waals surface area contributed by atoms with Crippen LogP contribution in [0.4, 0.5) is 0 Å². The number of carbonyl (C=O) groups excluding carboxylic acids is 1. The maximum Gasteiger partial charge on any atom is 0.261 e. The highest BCUT2D eigenvalue weighted by molar-refractivity contribution is 6.30. The van der Waals surface area contributed by atoms with Gasteiger partial charge in [-0.05, 0) is 35.7 Å². The van der Waals surface area contributed by atoms with Crippen molar-refractivity contribution in [3.8, 4) is 11.3 Å². The number of amides is 1. The first kappa shape index (κ1) is 15.3. The molecule has 1 aromatic heterocycles. The lowest BCUT2D eigenvalue weighted by Gasteiger charge is -2.08. The van der Waals surface area contributed by atoms with Gasteiger partial charge in [-0.1, -0.05) is 37.6 Å². The molecule has 0 saturated carbocycles. The van der Waals surface area contributed by atoms with Gasteiger partial charge >= 0.3 is 0 Å². The lowest BCUT2D eigenvalue weighted by molar-refractivity contribution is 0.0947. The fourth-order valence-corrected chi connectivity index (χ4v) is 1.97. The summed E-state index contributed by atoms with van der Waals surface area (Å²) in [4.78, 5) is 26.7. The van der Waals surface area contributed by atoms with Crippen LogP contribution < -0.4 is 10.9 Å². The van der Waals surface area contributed by atoms with Crippen molar-refractivity contribution in [3.05, 3.63) is 57.3 Å². The normalized spacial score (nSPS) is 10.7. The van der Waals surface area contributed by atoms with E-state index < -0.39 is 5.56 Å². The predicted octanol–water partition coefficient (Wildman–Crippen LogP) is 3.08. The average molecular weight is 305 g/mol. The summed E-state index contributed by atoms with van der Waals surface area (Å²) in [5, 5.41) is 3.36. The molecule has 1 amide bonds. The van der Waals surface area contributed by atoms with Gasteiger partial charge in [0, 0.05) is 17.3 Å². The molecule has 0 spiro atoms. The highest BCUT2D eigenvalue weighted by Crippen LogP contribution is 2.18. The van der Waals surface area contributed by atoms with Crippen molar-refractivity contribution in [1.29, 1.82) is 0 Å². The molecule has 2 rings (SSSR count). The number of pyridine rings is 1. The minimum Gasteiger partial charge on any atom is -0.352 e. The van der Waals surface area contributed by atoms with Gasteiger partial charge in [-0.2, -0.15) is 0 Å². The van der Waals surface area contributed by atoms with Crippen LogP contribution in [-0.2, 0) is 0 Å². The summed E-state index contributed by atoms with van der Waals surface area (Å²) < 4.78 is 0. The monoisotopic (exact) mass is 304 g/mol. The summed E-state index contributed by atoms with van der Waals surface area (Å²) in [6.07, 6.45) is 0. The molecule has 0 unspecified atom stereocenters. The average Bonchev–Trinajstić information content (AvgIpc) is 2.45. The van der Waals surface area contributed by atoms with Crippen molar-refractivity contribution < 1.29 is 4.79 Å². The lowest BCUT2D eigenvalue weighted by Crippen LogP contribution is -2.32. The molecule has 5 heteroatoms. The van der Waals surface area contributed by atoms with Crippen molar-refractivity contribution in [2.24, 2.45) is 5.92 Å². The van der Waals surface area contributed by atoms with Gasteiger partial charge < -0.3 is 10.3 Å². The number of aromatic amines is 1. The molecule has 0 radical (unpaired) electrons. The van der Waals surface area contributed by atoms with E-state index >= 15 is 0 Å². The van der Waals surface area contributed by atoms with Crippen molar-refractivity contribution in [1.82, 2.24) is 10.3 Å². The van der Waals surface area contributed by atoms with E-state index in [1.807, 2.05) is 26.0 Å². The van der Waals surface area contributed by atoms with Gasteiger partial charge in [0.25, 0.3) is 11.5 Å². The predicted molar refractivity (Wildman–Crippen MR) is 84.7 cm³/mol. The third kappa shape index (κ3) is 3.95. The molecule has 0 fully saturated rings. The third-order valence-corrected chi connectivity index (χ3v) is 3.23. The Labute approximate surface area is 128 Å². The van der Waals surface area contributed by atoms with Crippen LogP contribution in [0.15, 0.2) is 41.2 Å². The molecule has 0 aliphatic rings. The molecule has 0 aliphatic heterocycles. The molecule has 110 valence electrons. The number of H-pyrrole nitrogens is 1. The highest BCUT2D eigenvalue weighted by Gasteiger charge is 2.11. The summed E-state index contributed by atoms with van der Waals surface area (Å²) in [6, 6.07) is 10.4. The Morgan fingerprint density at radius 1 is 1.19 bits per heavy atom. The SMILES string of the molecule is CC(C)CNC(=O)c1ccc(-c2ccc(Cl)cc2)[nH]c1=O. The van der Waals surface area contributed by atoms with Crippen LogP contribution in [0.3, 0.4) is 0 Å². The van der Waals surface area contributed by atoms with E-state index in [1.165, 1.54) is 0 Å². The molecule has 1 heterocycles. The summed E-state index contributed by atoms with van der Waals surface area (Å²) >= 11 is 5.83. The molecule has 0 bridgehead atoms. The van der Waals surface area contributed by atoms with Gasteiger partial charge in [0.2, 0.25) is 0 Å². The summed E-state index contributed by atoms with van der Waals surface area (Å²) in [7, 11) is 0. The third-order valence-electron chi connectivity index (χ3n) is 2.98. The van der Waals surface area contributed by atoms with Crippen LogP contribution in [0.5, 0.6) is 0 Å². The van der Waals surface area contributed by atoms with Crippen molar-refractivity contribution >= 4 is 17.5 Å². The number of nitrogens with one attached hydrogen (secondary N) is 2. The molecular weight excluding hydrogens is 288 g/mol. The Kier molecular flexibility index (Phi) is 4.81. The summed E-state index contributed by atoms with van der Waals surface area (Å²) in [5.74, 6) is -0.0195. The van der Waals surface area contributed by atoms with Crippen LogP contribution in [0.25, 0.3) is 11.3 Å². The van der Waals surface area contributed by atoms with Gasteiger partial charge in [0.05, 0.1) is 0 Å². The number of hydrogen-bond donors (Lipinski definition) is 2. The Bertz CT molecular complexity index is 690. The number of benzene rings is 1. The molecule has 21 heavy (non-hydrogen) atoms. The van der Waals surface area contributed by atoms with Gasteiger partial charge in [0.15, 0.2) is 0 Å². The number of hydrogen-bond acceptors (Lipinski definition) is 2. The van der Waals surface area contributed by atoms with Crippen molar-refractivity contribution in [2.75, 3.05) is 6.54 Å². The number of aromatic nitrogens is 1. The van der Waals surface area contributed by atoms with E-state index in [1.54, 1.807) is 24.3 Å². The van der Waals surface area contributed by atoms with Gasteiger partial charge in [-0.3, -0.25) is 9.59 Å². The quantitative estimate of drug-likeness (QED) is 0.912. The van der Waals surface area contributed by atoms with E-state index in [4.69, 9.17) is 11.6 Å². The molecular formula is C16H17ClN2O2. The molecule has 0 aliphatic carbocycles. The lowest BCUT2D eigenvalue weighted by atomic mass is 10.1. The largest absolute Gasteiger partial charge is 0.352 e. The number of halogens is 1. The molecule has 4 nitrogen and oxygen atoms in total. The molecule has 0 atom stereocenters. The first-order chi connectivity index (χ1) is 9.97. The topological polar surface area (TPSA) is 62.0 Å². The summed E-state index contributed by atoms with van der Waals surface area (Å²) in [5.41, 5.74) is 1.21. The zero-order chi connectivity index (χ0) is 15.4. The second-order valence-electron chi connectivity index (χ2n) is 5.23. The number of carbonyl (C=O) groups is 1. The van der Waals surface area contributed by atoms with Crippen molar-refractivity contribution in [3.63, 3.8) is 0 Å². The van der Waals surface area contributed by atoms with Crippen LogP contribution in [0.1, 0.15) is 24.2 Å². The van der Waals surface area contributed by atoms with E-state index in [0.29, 0.717) is 23.2 Å². The van der Waals surface area contributed by atoms with Crippen LogP contribution in [0.2, 0.25) is 5.02 Å². The first-order valence-corrected chi connectivity index (χ1v) is 7.12. The van der Waals surface area contributed by atoms with Crippen molar-refractivity contribution in [2.45, 2.75) is 13.8 Å². The molecule has 2 N–H and O–H groups in total. The van der Waals surface area contributed by atoms with E-state index in [2.05, 4.69) is 10.3 Å². The van der Waals surface area contributed by atoms with E-state index in [-0.39, 0.29) is 11.5 Å². The molecule has 1 aromatic carbocycles. The van der Waals surface area contributed by atoms with E-state index in [0.717, 1.165) is 5.56 Å². The zero-order valence-corrected chi connectivity index (χ0v) is 12.7. The second kappa shape index (κ2) is 6.59. The minimum absolute atomic E-state index is 0.119. The number of rotatable bonds is 4. The standard InChI is InChI=1S/C16H17ClN2O2/c1-10(2)9-18-15(20)13-7-8-14(19-16(13)21)11-3-5-12(17)6-4-11/h3-8,10H,9H2,1-2H3,(H,18,20)(H,19,21). The van der Waals surface area contributed by atoms with Crippen LogP contribution in [0, 0.1) is 5.92 Å².